The molecule has 0 amide bonds. The van der Waals surface area contributed by atoms with Crippen molar-refractivity contribution >= 4 is 66.2 Å². The van der Waals surface area contributed by atoms with Crippen LogP contribution in [0.2, 0.25) is 0 Å². The number of aromatic hydroxyl groups is 1. The van der Waals surface area contributed by atoms with Crippen molar-refractivity contribution in [1.29, 1.82) is 0 Å². The number of carbonyl (C=O) groups is 3. The molecule has 0 aliphatic carbocycles. The molecule has 1 N–H and O–H groups in total. The Kier molecular flexibility index (Phi) is 29.0. The summed E-state index contributed by atoms with van der Waals surface area (Å²) in [7, 11) is 0. The first-order valence-electron chi connectivity index (χ1n) is 16.6. The monoisotopic (exact) mass is 1240 g/mol. The molecule has 6 aromatic carbocycles. The second-order valence-corrected chi connectivity index (χ2v) is 13.6. The molecule has 298 valence electrons. The third-order valence-electron chi connectivity index (χ3n) is 7.46. The van der Waals surface area contributed by atoms with E-state index in [1.165, 1.54) is 25.5 Å². The summed E-state index contributed by atoms with van der Waals surface area (Å²) in [6.45, 7) is 3.00. The number of alkyl halides is 1. The molecule has 0 unspecified atom stereocenters. The maximum Gasteiger partial charge on any atom is 1.00 e. The van der Waals surface area contributed by atoms with Gasteiger partial charge in [-0.05, 0) is 93.2 Å². The number of carbonyl (C=O) groups excluding carboxylic acids is 3. The number of phenolic OH excluding ortho intramolecular Hbond substituents is 1. The van der Waals surface area contributed by atoms with Crippen LogP contribution in [0.15, 0.2) is 142 Å². The van der Waals surface area contributed by atoms with Crippen LogP contribution in [-0.4, -0.2) is 23.5 Å². The Balaban J connectivity index is 0.000000896. The summed E-state index contributed by atoms with van der Waals surface area (Å²) in [5.41, 5.74) is 2.36. The van der Waals surface area contributed by atoms with Crippen LogP contribution >= 0.6 is 47.8 Å². The average Bonchev–Trinajstić information content (AvgIpc) is 3.23. The smallest absolute Gasteiger partial charge is 1.00 e. The Morgan fingerprint density at radius 1 is 0.678 bits per heavy atom. The summed E-state index contributed by atoms with van der Waals surface area (Å²) in [4.78, 5) is 35.9. The van der Waals surface area contributed by atoms with Crippen molar-refractivity contribution in [3.8, 4) is 23.0 Å². The van der Waals surface area contributed by atoms with E-state index in [4.69, 9.17) is 24.3 Å². The van der Waals surface area contributed by atoms with Crippen LogP contribution in [0.5, 0.6) is 23.0 Å². The molecule has 0 fully saturated rings. The minimum absolute atomic E-state index is 0. The molecule has 0 aliphatic heterocycles. The van der Waals surface area contributed by atoms with Gasteiger partial charge in [-0.2, -0.15) is 0 Å². The Labute approximate surface area is 485 Å². The number of hydrogen-bond acceptors (Lipinski definition) is 9. The Morgan fingerprint density at radius 3 is 1.46 bits per heavy atom. The normalized spacial score (nSPS) is 9.49. The molecule has 9 nitrogen and oxygen atoms in total. The fourth-order valence-electron chi connectivity index (χ4n) is 4.63. The summed E-state index contributed by atoms with van der Waals surface area (Å²) < 4.78 is 44.5. The number of phenols is 1. The maximum absolute atomic E-state index is 14.2. The minimum atomic E-state index is -0.804. The predicted molar refractivity (Wildman–Crippen MR) is 220 cm³/mol. The summed E-state index contributed by atoms with van der Waals surface area (Å²) >= 11 is 9.63. The summed E-state index contributed by atoms with van der Waals surface area (Å²) in [6, 6.07) is 39.2. The van der Waals surface area contributed by atoms with Gasteiger partial charge in [-0.15, -0.1) is 0 Å². The number of halogens is 5. The van der Waals surface area contributed by atoms with Crippen LogP contribution in [-0.2, 0) is 21.6 Å². The van der Waals surface area contributed by atoms with E-state index >= 15 is 0 Å². The standard InChI is InChI=1S/C21H16BrFO3.C14H10BrFO3.C7H7Br.CH2O3.2Cs.H/c1-14-18(23)12-17(22)20(25-13-15-8-4-2-5-9-15)19(14)21(24)26-16-10-6-3-7-11-16;1-8-11(16)7-10(15)13(17)12(8)14(18)19-9-5-3-2-4-6-9;8-6-7-4-2-1-3-5-7;2-1-4-3;;;/h2-12H,13H2,1H3;2-7,17H,1H3;1-5H,6H2;1,3H;;;/q;;;;2*+1;-1/p-1. The molecule has 16 heteroatoms. The van der Waals surface area contributed by atoms with Crippen molar-refractivity contribution in [3.63, 3.8) is 0 Å². The number of para-hydroxylation sites is 2. The number of hydrogen-bond donors (Lipinski definition) is 1. The first-order valence-corrected chi connectivity index (χ1v) is 19.3. The van der Waals surface area contributed by atoms with E-state index in [1.54, 1.807) is 54.6 Å². The molecule has 0 aliphatic rings. The Hall–Kier alpha value is -1.31. The van der Waals surface area contributed by atoms with E-state index in [0.717, 1.165) is 17.0 Å². The number of esters is 2. The topological polar surface area (TPSA) is 131 Å². The molecule has 0 heterocycles. The van der Waals surface area contributed by atoms with E-state index in [1.807, 2.05) is 54.6 Å². The molecule has 6 aromatic rings. The molecule has 0 aromatic heterocycles. The van der Waals surface area contributed by atoms with Gasteiger partial charge in [-0.1, -0.05) is 113 Å². The van der Waals surface area contributed by atoms with Gasteiger partial charge in [-0.3, -0.25) is 4.79 Å². The van der Waals surface area contributed by atoms with Crippen LogP contribution in [0.25, 0.3) is 0 Å². The Morgan fingerprint density at radius 2 is 1.05 bits per heavy atom. The van der Waals surface area contributed by atoms with Crippen molar-refractivity contribution < 1.29 is 192 Å². The van der Waals surface area contributed by atoms with Crippen molar-refractivity contribution in [3.05, 3.63) is 187 Å². The number of rotatable bonds is 9. The molecular weight excluding hydrogens is 1200 g/mol. The fourth-order valence-corrected chi connectivity index (χ4v) is 5.91. The van der Waals surface area contributed by atoms with Gasteiger partial charge >= 0.3 is 150 Å². The third kappa shape index (κ3) is 18.9. The average molecular weight is 1240 g/mol. The van der Waals surface area contributed by atoms with Gasteiger partial charge in [0.15, 0.2) is 0 Å². The molecule has 0 saturated carbocycles. The number of benzene rings is 6. The van der Waals surface area contributed by atoms with Crippen molar-refractivity contribution in [1.82, 2.24) is 0 Å². The van der Waals surface area contributed by atoms with E-state index in [0.29, 0.717) is 16.0 Å². The van der Waals surface area contributed by atoms with Crippen LogP contribution in [0.1, 0.15) is 44.4 Å². The third-order valence-corrected chi connectivity index (χ3v) is 9.30. The Bertz CT molecular complexity index is 2190. The van der Waals surface area contributed by atoms with E-state index in [2.05, 4.69) is 64.8 Å². The zero-order valence-electron chi connectivity index (χ0n) is 33.3. The molecule has 6 rings (SSSR count). The minimum Gasteiger partial charge on any atom is -1.00 e. The second kappa shape index (κ2) is 30.7. The SMILES string of the molecule is BrCc1ccccc1.Cc1c(F)cc(Br)c(O)c1C(=O)Oc1ccccc1.Cc1c(F)cc(Br)c(OCc2ccccc2)c1C(=O)Oc1ccccc1.O=CO[O-].[Cs+].[Cs+].[H-]. The van der Waals surface area contributed by atoms with Gasteiger partial charge in [0.1, 0.15) is 52.4 Å². The molecule has 0 radical (unpaired) electrons. The predicted octanol–water partition coefficient (Wildman–Crippen LogP) is 4.65. The van der Waals surface area contributed by atoms with Gasteiger partial charge in [0.2, 0.25) is 0 Å². The zero-order chi connectivity index (χ0) is 41.7. The van der Waals surface area contributed by atoms with Gasteiger partial charge in [0.05, 0.1) is 8.95 Å². The van der Waals surface area contributed by atoms with Crippen molar-refractivity contribution in [2.75, 3.05) is 0 Å². The van der Waals surface area contributed by atoms with Crippen LogP contribution in [0.4, 0.5) is 8.78 Å². The first kappa shape index (κ1) is 55.7. The van der Waals surface area contributed by atoms with E-state index in [9.17, 15) is 23.5 Å². The molecular formula is C43H35Br3Cs2F2O9. The summed E-state index contributed by atoms with van der Waals surface area (Å²) in [5.74, 6) is -1.95. The molecule has 0 atom stereocenters. The van der Waals surface area contributed by atoms with Crippen LogP contribution < -0.4 is 157 Å². The van der Waals surface area contributed by atoms with Gasteiger partial charge < -0.3 is 30.9 Å². The second-order valence-electron chi connectivity index (χ2n) is 11.3. The zero-order valence-corrected chi connectivity index (χ0v) is 49.6. The van der Waals surface area contributed by atoms with Crippen LogP contribution in [0.3, 0.4) is 0 Å². The van der Waals surface area contributed by atoms with Gasteiger partial charge in [-0.25, -0.2) is 18.4 Å². The van der Waals surface area contributed by atoms with Crippen molar-refractivity contribution in [2.24, 2.45) is 0 Å². The van der Waals surface area contributed by atoms with Gasteiger partial charge in [0.25, 0.3) is 6.47 Å². The fraction of sp³-hybridized carbons (Fsp3) is 0.0930. The molecule has 0 spiro atoms. The summed E-state index contributed by atoms with van der Waals surface area (Å²) in [6.07, 6.45) is 0. The van der Waals surface area contributed by atoms with Crippen molar-refractivity contribution in [2.45, 2.75) is 25.8 Å². The molecule has 0 bridgehead atoms. The summed E-state index contributed by atoms with van der Waals surface area (Å²) in [5, 5.41) is 19.2. The quantitative estimate of drug-likeness (QED) is 0.0550. The van der Waals surface area contributed by atoms with Crippen LogP contribution in [0, 0.1) is 25.5 Å². The number of ether oxygens (including phenoxy) is 3. The maximum atomic E-state index is 14.2. The molecule has 59 heavy (non-hydrogen) atoms. The first-order chi connectivity index (χ1) is 27.4. The molecule has 0 saturated heterocycles. The largest absolute Gasteiger partial charge is 1.00 e. The van der Waals surface area contributed by atoms with Gasteiger partial charge in [0, 0.05) is 16.5 Å². The van der Waals surface area contributed by atoms with E-state index in [-0.39, 0.29) is 191 Å². The van der Waals surface area contributed by atoms with E-state index < -0.39 is 23.6 Å².